The Balaban J connectivity index is 1.18. The van der Waals surface area contributed by atoms with Gasteiger partial charge in [-0.25, -0.2) is 0 Å². The van der Waals surface area contributed by atoms with Crippen molar-refractivity contribution in [3.63, 3.8) is 0 Å². The van der Waals surface area contributed by atoms with E-state index in [0.29, 0.717) is 28.7 Å². The molecular weight excluding hydrogens is 374 g/mol. The molecular formula is C21H23N3OS2. The number of thioether (sulfide) groups is 1. The van der Waals surface area contributed by atoms with Gasteiger partial charge in [-0.2, -0.15) is 0 Å². The summed E-state index contributed by atoms with van der Waals surface area (Å²) in [5.41, 5.74) is 6.77. The van der Waals surface area contributed by atoms with Gasteiger partial charge in [0.25, 0.3) is 0 Å². The van der Waals surface area contributed by atoms with Gasteiger partial charge < -0.3 is 5.32 Å². The molecule has 0 spiro atoms. The van der Waals surface area contributed by atoms with Crippen molar-refractivity contribution in [2.24, 2.45) is 11.8 Å². The van der Waals surface area contributed by atoms with E-state index in [1.165, 1.54) is 22.8 Å². The minimum absolute atomic E-state index is 0.0720. The Morgan fingerprint density at radius 1 is 1.07 bits per heavy atom. The summed E-state index contributed by atoms with van der Waals surface area (Å²) in [7, 11) is 0. The lowest BCUT2D eigenvalue weighted by Gasteiger charge is -2.22. The van der Waals surface area contributed by atoms with E-state index in [9.17, 15) is 4.79 Å². The molecule has 3 N–H and O–H groups in total. The molecule has 4 nitrogen and oxygen atoms in total. The van der Waals surface area contributed by atoms with E-state index >= 15 is 0 Å². The van der Waals surface area contributed by atoms with E-state index in [4.69, 9.17) is 12.2 Å². The number of benzene rings is 2. The second-order valence-corrected chi connectivity index (χ2v) is 8.56. The van der Waals surface area contributed by atoms with Crippen molar-refractivity contribution in [3.05, 3.63) is 60.2 Å². The number of hydrazine groups is 1. The van der Waals surface area contributed by atoms with Crippen LogP contribution in [0.15, 0.2) is 54.6 Å². The second kappa shape index (κ2) is 8.31. The van der Waals surface area contributed by atoms with Crippen LogP contribution < -0.4 is 16.2 Å². The van der Waals surface area contributed by atoms with E-state index < -0.39 is 0 Å². The summed E-state index contributed by atoms with van der Waals surface area (Å²) >= 11 is 6.90. The Labute approximate surface area is 169 Å². The second-order valence-electron chi connectivity index (χ2n) is 7.16. The van der Waals surface area contributed by atoms with Crippen molar-refractivity contribution in [2.45, 2.75) is 24.6 Å². The number of amides is 1. The summed E-state index contributed by atoms with van der Waals surface area (Å²) in [6.45, 7) is 0. The fourth-order valence-corrected chi connectivity index (χ4v) is 5.02. The van der Waals surface area contributed by atoms with Gasteiger partial charge in [0.1, 0.15) is 0 Å². The molecule has 2 aromatic rings. The predicted molar refractivity (Wildman–Crippen MR) is 116 cm³/mol. The molecule has 2 bridgehead atoms. The number of carbonyl (C=O) groups is 1. The molecule has 0 aromatic heterocycles. The highest BCUT2D eigenvalue weighted by Gasteiger charge is 2.35. The van der Waals surface area contributed by atoms with Crippen LogP contribution in [0.4, 0.5) is 0 Å². The van der Waals surface area contributed by atoms with Crippen molar-refractivity contribution in [1.82, 2.24) is 16.2 Å². The Bertz CT molecular complexity index is 877. The first-order valence-corrected chi connectivity index (χ1v) is 10.8. The fraction of sp³-hybridized carbons (Fsp3) is 0.333. The summed E-state index contributed by atoms with van der Waals surface area (Å²) in [6, 6.07) is 15.0. The molecule has 2 aromatic carbocycles. The number of carbonyl (C=O) groups excluding carboxylic acids is 1. The third-order valence-electron chi connectivity index (χ3n) is 5.28. The molecule has 2 aliphatic rings. The van der Waals surface area contributed by atoms with Gasteiger partial charge in [0.2, 0.25) is 5.91 Å². The van der Waals surface area contributed by atoms with E-state index in [0.717, 1.165) is 12.2 Å². The zero-order valence-electron chi connectivity index (χ0n) is 15.0. The molecule has 0 heterocycles. The van der Waals surface area contributed by atoms with Gasteiger partial charge in [-0.05, 0) is 53.2 Å². The van der Waals surface area contributed by atoms with Crippen molar-refractivity contribution >= 4 is 45.8 Å². The van der Waals surface area contributed by atoms with E-state index in [2.05, 4.69) is 58.7 Å². The lowest BCUT2D eigenvalue weighted by atomic mass is 10.0. The van der Waals surface area contributed by atoms with Gasteiger partial charge in [0.05, 0.1) is 5.75 Å². The number of allylic oxidation sites excluding steroid dienone is 1. The molecule has 1 amide bonds. The smallest absolute Gasteiger partial charge is 0.248 e. The molecule has 1 fully saturated rings. The van der Waals surface area contributed by atoms with Crippen molar-refractivity contribution in [3.8, 4) is 0 Å². The van der Waals surface area contributed by atoms with Crippen molar-refractivity contribution < 1.29 is 4.79 Å². The van der Waals surface area contributed by atoms with Gasteiger partial charge in [-0.15, -0.1) is 11.8 Å². The van der Waals surface area contributed by atoms with Crippen LogP contribution in [0.25, 0.3) is 10.8 Å². The number of hydrogen-bond donors (Lipinski definition) is 3. The topological polar surface area (TPSA) is 53.2 Å². The number of thiocarbonyl (C=S) groups is 1. The maximum atomic E-state index is 12.1. The SMILES string of the molecule is O=C(CSCc1cccc2ccccc12)NNC(=S)NC1CC2C=CC1C2. The fourth-order valence-electron chi connectivity index (χ4n) is 3.99. The van der Waals surface area contributed by atoms with Crippen LogP contribution >= 0.6 is 24.0 Å². The first-order valence-electron chi connectivity index (χ1n) is 9.27. The Hall–Kier alpha value is -2.05. The third kappa shape index (κ3) is 4.45. The number of nitrogens with one attached hydrogen (secondary N) is 3. The molecule has 2 aliphatic carbocycles. The lowest BCUT2D eigenvalue weighted by Crippen LogP contribution is -2.50. The maximum Gasteiger partial charge on any atom is 0.248 e. The average Bonchev–Trinajstić information content (AvgIpc) is 3.30. The van der Waals surface area contributed by atoms with Gasteiger partial charge in [-0.1, -0.05) is 54.6 Å². The molecule has 1 saturated carbocycles. The molecule has 3 atom stereocenters. The summed E-state index contributed by atoms with van der Waals surface area (Å²) in [5, 5.41) is 6.29. The van der Waals surface area contributed by atoms with Crippen molar-refractivity contribution in [1.29, 1.82) is 0 Å². The summed E-state index contributed by atoms with van der Waals surface area (Å²) in [5.74, 6) is 2.37. The first-order chi connectivity index (χ1) is 13.2. The summed E-state index contributed by atoms with van der Waals surface area (Å²) in [4.78, 5) is 12.1. The van der Waals surface area contributed by atoms with Gasteiger partial charge >= 0.3 is 0 Å². The highest BCUT2D eigenvalue weighted by Crippen LogP contribution is 2.38. The van der Waals surface area contributed by atoms with E-state index in [1.54, 1.807) is 11.8 Å². The van der Waals surface area contributed by atoms with Gasteiger partial charge in [-0.3, -0.25) is 15.6 Å². The molecule has 27 heavy (non-hydrogen) atoms. The normalized spacial score (nSPS) is 22.7. The zero-order valence-corrected chi connectivity index (χ0v) is 16.6. The summed E-state index contributed by atoms with van der Waals surface area (Å²) < 4.78 is 0. The largest absolute Gasteiger partial charge is 0.358 e. The van der Waals surface area contributed by atoms with Crippen LogP contribution in [0.3, 0.4) is 0 Å². The monoisotopic (exact) mass is 397 g/mol. The number of rotatable bonds is 5. The molecule has 6 heteroatoms. The molecule has 0 aliphatic heterocycles. The Morgan fingerprint density at radius 3 is 2.74 bits per heavy atom. The minimum atomic E-state index is -0.0720. The molecule has 0 saturated heterocycles. The van der Waals surface area contributed by atoms with Crippen LogP contribution in [0.2, 0.25) is 0 Å². The van der Waals surface area contributed by atoms with Crippen LogP contribution in [0.1, 0.15) is 18.4 Å². The first kappa shape index (κ1) is 18.3. The highest BCUT2D eigenvalue weighted by molar-refractivity contribution is 7.99. The Kier molecular flexibility index (Phi) is 5.64. The van der Waals surface area contributed by atoms with Crippen LogP contribution in [0, 0.1) is 11.8 Å². The zero-order chi connectivity index (χ0) is 18.6. The number of fused-ring (bicyclic) bond motifs is 3. The van der Waals surface area contributed by atoms with E-state index in [-0.39, 0.29) is 5.91 Å². The van der Waals surface area contributed by atoms with Gasteiger partial charge in [0.15, 0.2) is 5.11 Å². The third-order valence-corrected chi connectivity index (χ3v) is 6.48. The lowest BCUT2D eigenvalue weighted by molar-refractivity contribution is -0.119. The molecule has 4 rings (SSSR count). The quantitative estimate of drug-likeness (QED) is 0.409. The van der Waals surface area contributed by atoms with Crippen LogP contribution in [0.5, 0.6) is 0 Å². The standard InChI is InChI=1S/C21H23N3OS2/c25-20(23-24-21(26)22-19-11-14-8-9-16(19)10-14)13-27-12-17-6-3-5-15-4-1-2-7-18(15)17/h1-9,14,16,19H,10-13H2,(H,23,25)(H2,22,24,26). The Morgan fingerprint density at radius 2 is 1.93 bits per heavy atom. The minimum Gasteiger partial charge on any atom is -0.358 e. The van der Waals surface area contributed by atoms with E-state index in [1.807, 2.05) is 12.1 Å². The number of hydrogen-bond acceptors (Lipinski definition) is 3. The average molecular weight is 398 g/mol. The predicted octanol–water partition coefficient (Wildman–Crippen LogP) is 3.53. The van der Waals surface area contributed by atoms with Crippen LogP contribution in [-0.2, 0) is 10.5 Å². The molecule has 0 radical (unpaired) electrons. The van der Waals surface area contributed by atoms with Crippen LogP contribution in [-0.4, -0.2) is 22.8 Å². The summed E-state index contributed by atoms with van der Waals surface area (Å²) in [6.07, 6.45) is 6.92. The van der Waals surface area contributed by atoms with Crippen molar-refractivity contribution in [2.75, 3.05) is 5.75 Å². The maximum absolute atomic E-state index is 12.1. The van der Waals surface area contributed by atoms with Gasteiger partial charge in [0, 0.05) is 11.8 Å². The molecule has 140 valence electrons. The highest BCUT2D eigenvalue weighted by atomic mass is 32.2. The molecule has 3 unspecified atom stereocenters.